The number of ether oxygens (including phenoxy) is 1. The van der Waals surface area contributed by atoms with Gasteiger partial charge >= 0.3 is 5.97 Å². The first-order chi connectivity index (χ1) is 12.4. The second-order valence-corrected chi connectivity index (χ2v) is 7.78. The molecule has 1 fully saturated rings. The molecular weight excluding hydrogens is 352 g/mol. The number of unbranched alkanes of at least 4 members (excludes halogenated alkanes) is 1. The first kappa shape index (κ1) is 20.8. The number of hydrogen-bond donors (Lipinski definition) is 2. The minimum Gasteiger partial charge on any atom is -0.493 e. The van der Waals surface area contributed by atoms with E-state index < -0.39 is 12.1 Å². The van der Waals surface area contributed by atoms with Crippen molar-refractivity contribution in [3.05, 3.63) is 41.5 Å². The number of benzene rings is 1. The molecule has 4 atom stereocenters. The summed E-state index contributed by atoms with van der Waals surface area (Å²) in [6.07, 6.45) is 6.56. The molecule has 26 heavy (non-hydrogen) atoms. The van der Waals surface area contributed by atoms with E-state index in [9.17, 15) is 9.90 Å². The van der Waals surface area contributed by atoms with Crippen molar-refractivity contribution >= 4 is 17.6 Å². The van der Waals surface area contributed by atoms with Crippen LogP contribution < -0.4 is 4.74 Å². The maximum atomic E-state index is 10.5. The van der Waals surface area contributed by atoms with Crippen LogP contribution in [0.2, 0.25) is 0 Å². The number of alkyl halides is 1. The molecule has 2 N–H and O–H groups in total. The molecule has 0 spiro atoms. The Bertz CT molecular complexity index is 628. The number of rotatable bonds is 9. The summed E-state index contributed by atoms with van der Waals surface area (Å²) in [6, 6.07) is 6.11. The van der Waals surface area contributed by atoms with Crippen LogP contribution in [-0.4, -0.2) is 34.3 Å². The zero-order valence-corrected chi connectivity index (χ0v) is 16.3. The van der Waals surface area contributed by atoms with Crippen molar-refractivity contribution in [3.8, 4) is 5.75 Å². The Morgan fingerprint density at radius 3 is 2.81 bits per heavy atom. The summed E-state index contributed by atoms with van der Waals surface area (Å²) in [4.78, 5) is 10.5. The minimum atomic E-state index is -0.762. The molecule has 1 aromatic rings. The van der Waals surface area contributed by atoms with Gasteiger partial charge in [0.2, 0.25) is 0 Å². The monoisotopic (exact) mass is 380 g/mol. The first-order valence-corrected chi connectivity index (χ1v) is 9.71. The SMILES string of the molecule is Cc1ccc(C)c(OC[C@@H]2[C@@H](CC=CCCCC(=O)O)[C@H](Cl)C[C@H]2O)c1. The minimum absolute atomic E-state index is 0.00100. The number of aliphatic hydroxyl groups excluding tert-OH is 1. The molecular formula is C21H29ClO4. The lowest BCUT2D eigenvalue weighted by Gasteiger charge is -2.23. The number of hydrogen-bond acceptors (Lipinski definition) is 3. The Morgan fingerprint density at radius 1 is 1.31 bits per heavy atom. The van der Waals surface area contributed by atoms with Gasteiger partial charge in [0.05, 0.1) is 12.7 Å². The van der Waals surface area contributed by atoms with Crippen molar-refractivity contribution in [2.75, 3.05) is 6.61 Å². The summed E-state index contributed by atoms with van der Waals surface area (Å²) in [7, 11) is 0. The van der Waals surface area contributed by atoms with Crippen molar-refractivity contribution < 1.29 is 19.7 Å². The molecule has 1 aliphatic carbocycles. The number of aryl methyl sites for hydroxylation is 2. The first-order valence-electron chi connectivity index (χ1n) is 9.27. The van der Waals surface area contributed by atoms with Crippen molar-refractivity contribution in [1.29, 1.82) is 0 Å². The lowest BCUT2D eigenvalue weighted by molar-refractivity contribution is -0.137. The standard InChI is InChI=1S/C21H29ClO4/c1-14-9-10-15(2)20(11-14)26-13-17-16(18(22)12-19(17)23)7-5-3-4-6-8-21(24)25/h3,5,9-11,16-19,23H,4,6-8,12-13H2,1-2H3,(H,24,25)/t16-,17-,18-,19-/m1/s1. The number of carboxylic acids is 1. The van der Waals surface area contributed by atoms with E-state index in [2.05, 4.69) is 12.1 Å². The third-order valence-corrected chi connectivity index (χ3v) is 5.59. The second-order valence-electron chi connectivity index (χ2n) is 7.22. The smallest absolute Gasteiger partial charge is 0.303 e. The van der Waals surface area contributed by atoms with Crippen LogP contribution in [0.1, 0.15) is 43.2 Å². The van der Waals surface area contributed by atoms with Gasteiger partial charge in [-0.1, -0.05) is 24.3 Å². The lowest BCUT2D eigenvalue weighted by Crippen LogP contribution is -2.27. The molecule has 144 valence electrons. The molecule has 0 amide bonds. The van der Waals surface area contributed by atoms with Gasteiger partial charge in [0, 0.05) is 17.7 Å². The average molecular weight is 381 g/mol. The Morgan fingerprint density at radius 2 is 2.08 bits per heavy atom. The summed E-state index contributed by atoms with van der Waals surface area (Å²) in [5, 5.41) is 19.0. The van der Waals surface area contributed by atoms with Gasteiger partial charge in [-0.25, -0.2) is 0 Å². The van der Waals surface area contributed by atoms with Crippen LogP contribution in [0, 0.1) is 25.7 Å². The van der Waals surface area contributed by atoms with Crippen molar-refractivity contribution in [2.45, 2.75) is 57.4 Å². The number of carboxylic acid groups (broad SMARTS) is 1. The highest BCUT2D eigenvalue weighted by molar-refractivity contribution is 6.21. The van der Waals surface area contributed by atoms with Gasteiger partial charge in [-0.05, 0) is 62.6 Å². The molecule has 0 radical (unpaired) electrons. The van der Waals surface area contributed by atoms with E-state index in [1.165, 1.54) is 0 Å². The highest BCUT2D eigenvalue weighted by atomic mass is 35.5. The number of allylic oxidation sites excluding steroid dienone is 2. The lowest BCUT2D eigenvalue weighted by atomic mass is 9.92. The molecule has 1 aromatic carbocycles. The van der Waals surface area contributed by atoms with Crippen LogP contribution in [0.25, 0.3) is 0 Å². The van der Waals surface area contributed by atoms with E-state index in [1.807, 2.05) is 32.1 Å². The summed E-state index contributed by atoms with van der Waals surface area (Å²) >= 11 is 6.46. The van der Waals surface area contributed by atoms with E-state index in [0.717, 1.165) is 29.7 Å². The second kappa shape index (κ2) is 9.98. The molecule has 4 nitrogen and oxygen atoms in total. The number of carbonyl (C=O) groups is 1. The van der Waals surface area contributed by atoms with Gasteiger partial charge in [-0.2, -0.15) is 0 Å². The van der Waals surface area contributed by atoms with Gasteiger partial charge in [-0.3, -0.25) is 4.79 Å². The molecule has 0 aliphatic heterocycles. The quantitative estimate of drug-likeness (QED) is 0.376. The Hall–Kier alpha value is -1.52. The van der Waals surface area contributed by atoms with E-state index in [-0.39, 0.29) is 23.6 Å². The summed E-state index contributed by atoms with van der Waals surface area (Å²) in [5.74, 6) is 0.258. The normalized spacial score (nSPS) is 25.7. The summed E-state index contributed by atoms with van der Waals surface area (Å²) in [6.45, 7) is 4.50. The fourth-order valence-electron chi connectivity index (χ4n) is 3.48. The van der Waals surface area contributed by atoms with Crippen LogP contribution in [0.4, 0.5) is 0 Å². The van der Waals surface area contributed by atoms with Crippen LogP contribution in [-0.2, 0) is 4.79 Å². The van der Waals surface area contributed by atoms with E-state index in [4.69, 9.17) is 21.4 Å². The summed E-state index contributed by atoms with van der Waals surface area (Å²) in [5.41, 5.74) is 2.23. The zero-order valence-electron chi connectivity index (χ0n) is 15.5. The highest BCUT2D eigenvalue weighted by Gasteiger charge is 2.41. The molecule has 0 bridgehead atoms. The molecule has 1 saturated carbocycles. The van der Waals surface area contributed by atoms with Crippen molar-refractivity contribution in [1.82, 2.24) is 0 Å². The van der Waals surface area contributed by atoms with Gasteiger partial charge in [0.1, 0.15) is 5.75 Å². The third kappa shape index (κ3) is 6.03. The van der Waals surface area contributed by atoms with Crippen LogP contribution in [0.5, 0.6) is 5.75 Å². The molecule has 0 unspecified atom stereocenters. The van der Waals surface area contributed by atoms with E-state index in [0.29, 0.717) is 19.4 Å². The fraction of sp³-hybridized carbons (Fsp3) is 0.571. The zero-order chi connectivity index (χ0) is 19.1. The molecule has 0 aromatic heterocycles. The molecule has 0 heterocycles. The molecule has 5 heteroatoms. The number of halogens is 1. The highest BCUT2D eigenvalue weighted by Crippen LogP contribution is 2.39. The van der Waals surface area contributed by atoms with Gasteiger partial charge in [0.25, 0.3) is 0 Å². The molecule has 1 aliphatic rings. The summed E-state index contributed by atoms with van der Waals surface area (Å²) < 4.78 is 6.01. The Balaban J connectivity index is 1.89. The maximum absolute atomic E-state index is 10.5. The molecule has 2 rings (SSSR count). The average Bonchev–Trinajstić information content (AvgIpc) is 2.84. The van der Waals surface area contributed by atoms with Crippen LogP contribution >= 0.6 is 11.6 Å². The van der Waals surface area contributed by atoms with Crippen LogP contribution in [0.3, 0.4) is 0 Å². The van der Waals surface area contributed by atoms with Gasteiger partial charge in [-0.15, -0.1) is 11.6 Å². The van der Waals surface area contributed by atoms with Crippen molar-refractivity contribution in [2.24, 2.45) is 11.8 Å². The largest absolute Gasteiger partial charge is 0.493 e. The predicted octanol–water partition coefficient (Wildman–Crippen LogP) is 4.49. The van der Waals surface area contributed by atoms with Crippen LogP contribution in [0.15, 0.2) is 30.4 Å². The fourth-order valence-corrected chi connectivity index (χ4v) is 3.95. The predicted molar refractivity (Wildman–Crippen MR) is 104 cm³/mol. The van der Waals surface area contributed by atoms with Gasteiger partial charge < -0.3 is 14.9 Å². The number of aliphatic hydroxyl groups is 1. The third-order valence-electron chi connectivity index (χ3n) is 5.09. The number of aliphatic carboxylic acids is 1. The van der Waals surface area contributed by atoms with E-state index in [1.54, 1.807) is 0 Å². The maximum Gasteiger partial charge on any atom is 0.303 e. The van der Waals surface area contributed by atoms with Gasteiger partial charge in [0.15, 0.2) is 0 Å². The van der Waals surface area contributed by atoms with Crippen molar-refractivity contribution in [3.63, 3.8) is 0 Å². The Labute approximate surface area is 160 Å². The van der Waals surface area contributed by atoms with E-state index >= 15 is 0 Å². The topological polar surface area (TPSA) is 66.8 Å². The Kier molecular flexibility index (Phi) is 7.98. The molecule has 0 saturated heterocycles.